The number of hydrogen-bond donors (Lipinski definition) is 2. The molecular weight excluding hydrogens is 250 g/mol. The molecule has 0 aliphatic heterocycles. The van der Waals surface area contributed by atoms with Crippen molar-refractivity contribution in [3.05, 3.63) is 53.6 Å². The Morgan fingerprint density at radius 2 is 2.00 bits per heavy atom. The lowest BCUT2D eigenvalue weighted by molar-refractivity contribution is 0.460. The summed E-state index contributed by atoms with van der Waals surface area (Å²) in [7, 11) is 1.96. The minimum atomic E-state index is 0.254. The Bertz CT molecular complexity index is 577. The summed E-state index contributed by atoms with van der Waals surface area (Å²) < 4.78 is 5.91. The van der Waals surface area contributed by atoms with Crippen LogP contribution in [0.1, 0.15) is 30.5 Å². The SMILES string of the molecule is CC[C@@H](NC)c1cccc(Oc2ccc(O)cc2C)c1. The van der Waals surface area contributed by atoms with Gasteiger partial charge in [0.1, 0.15) is 17.2 Å². The van der Waals surface area contributed by atoms with Crippen LogP contribution >= 0.6 is 0 Å². The lowest BCUT2D eigenvalue weighted by atomic mass is 10.0. The zero-order valence-corrected chi connectivity index (χ0v) is 12.2. The van der Waals surface area contributed by atoms with Crippen LogP contribution in [-0.2, 0) is 0 Å². The standard InChI is InChI=1S/C17H21NO2/c1-4-16(18-3)13-6-5-7-15(11-13)20-17-9-8-14(19)10-12(17)2/h5-11,16,18-19H,4H2,1-3H3/t16-/m1/s1. The molecule has 0 aromatic heterocycles. The van der Waals surface area contributed by atoms with Gasteiger partial charge >= 0.3 is 0 Å². The molecule has 20 heavy (non-hydrogen) atoms. The summed E-state index contributed by atoms with van der Waals surface area (Å²) >= 11 is 0. The molecule has 2 N–H and O–H groups in total. The van der Waals surface area contributed by atoms with Crippen LogP contribution in [0.4, 0.5) is 0 Å². The molecule has 0 fully saturated rings. The van der Waals surface area contributed by atoms with Crippen LogP contribution in [0.3, 0.4) is 0 Å². The Balaban J connectivity index is 2.23. The Labute approximate surface area is 120 Å². The smallest absolute Gasteiger partial charge is 0.130 e. The molecule has 0 saturated carbocycles. The summed E-state index contributed by atoms with van der Waals surface area (Å²) in [6.45, 7) is 4.07. The number of benzene rings is 2. The summed E-state index contributed by atoms with van der Waals surface area (Å²) in [5, 5.41) is 12.7. The first-order chi connectivity index (χ1) is 9.63. The quantitative estimate of drug-likeness (QED) is 0.857. The molecule has 0 aliphatic carbocycles. The maximum atomic E-state index is 9.42. The molecule has 0 bridgehead atoms. The fourth-order valence-corrected chi connectivity index (χ4v) is 2.28. The number of phenols is 1. The van der Waals surface area contributed by atoms with Gasteiger partial charge in [0.2, 0.25) is 0 Å². The lowest BCUT2D eigenvalue weighted by Crippen LogP contribution is -2.14. The van der Waals surface area contributed by atoms with Gasteiger partial charge in [-0.05, 0) is 61.9 Å². The van der Waals surface area contributed by atoms with E-state index in [1.165, 1.54) is 5.56 Å². The molecule has 0 heterocycles. The fourth-order valence-electron chi connectivity index (χ4n) is 2.28. The molecule has 0 saturated heterocycles. The zero-order valence-electron chi connectivity index (χ0n) is 12.2. The van der Waals surface area contributed by atoms with Crippen LogP contribution in [0.25, 0.3) is 0 Å². The summed E-state index contributed by atoms with van der Waals surface area (Å²) in [6.07, 6.45) is 1.03. The largest absolute Gasteiger partial charge is 0.508 e. The first kappa shape index (κ1) is 14.4. The van der Waals surface area contributed by atoms with Crippen molar-refractivity contribution in [3.63, 3.8) is 0 Å². The highest BCUT2D eigenvalue weighted by atomic mass is 16.5. The van der Waals surface area contributed by atoms with Crippen molar-refractivity contribution in [1.29, 1.82) is 0 Å². The molecule has 3 heteroatoms. The van der Waals surface area contributed by atoms with E-state index in [0.29, 0.717) is 6.04 Å². The van der Waals surface area contributed by atoms with Gasteiger partial charge in [-0.1, -0.05) is 19.1 Å². The molecule has 106 valence electrons. The molecule has 0 aliphatic rings. The number of hydrogen-bond acceptors (Lipinski definition) is 3. The predicted octanol–water partition coefficient (Wildman–Crippen LogP) is 4.16. The van der Waals surface area contributed by atoms with Crippen molar-refractivity contribution in [1.82, 2.24) is 5.32 Å². The van der Waals surface area contributed by atoms with Crippen molar-refractivity contribution >= 4 is 0 Å². The predicted molar refractivity (Wildman–Crippen MR) is 81.5 cm³/mol. The van der Waals surface area contributed by atoms with Gasteiger partial charge in [0, 0.05) is 6.04 Å². The summed E-state index contributed by atoms with van der Waals surface area (Å²) in [5.41, 5.74) is 2.12. The molecule has 0 radical (unpaired) electrons. The van der Waals surface area contributed by atoms with Crippen LogP contribution in [0.2, 0.25) is 0 Å². The topological polar surface area (TPSA) is 41.5 Å². The second-order valence-corrected chi connectivity index (χ2v) is 4.87. The second-order valence-electron chi connectivity index (χ2n) is 4.87. The average molecular weight is 271 g/mol. The van der Waals surface area contributed by atoms with E-state index in [1.807, 2.05) is 26.1 Å². The third kappa shape index (κ3) is 3.31. The van der Waals surface area contributed by atoms with Gasteiger partial charge in [0.25, 0.3) is 0 Å². The van der Waals surface area contributed by atoms with Crippen LogP contribution in [0.15, 0.2) is 42.5 Å². The van der Waals surface area contributed by atoms with Crippen molar-refractivity contribution in [2.75, 3.05) is 7.05 Å². The molecule has 0 amide bonds. The number of nitrogens with one attached hydrogen (secondary N) is 1. The molecule has 0 spiro atoms. The van der Waals surface area contributed by atoms with E-state index in [0.717, 1.165) is 23.5 Å². The molecular formula is C17H21NO2. The molecule has 2 rings (SSSR count). The van der Waals surface area contributed by atoms with Gasteiger partial charge in [0.05, 0.1) is 0 Å². The molecule has 1 atom stereocenters. The van der Waals surface area contributed by atoms with Crippen LogP contribution in [0, 0.1) is 6.92 Å². The summed E-state index contributed by atoms with van der Waals surface area (Å²) in [4.78, 5) is 0. The van der Waals surface area contributed by atoms with Gasteiger partial charge in [-0.3, -0.25) is 0 Å². The number of ether oxygens (including phenoxy) is 1. The third-order valence-electron chi connectivity index (χ3n) is 3.40. The van der Waals surface area contributed by atoms with Crippen molar-refractivity contribution < 1.29 is 9.84 Å². The third-order valence-corrected chi connectivity index (χ3v) is 3.40. The van der Waals surface area contributed by atoms with Gasteiger partial charge < -0.3 is 15.2 Å². The van der Waals surface area contributed by atoms with E-state index in [1.54, 1.807) is 18.2 Å². The Hall–Kier alpha value is -2.00. The highest BCUT2D eigenvalue weighted by molar-refractivity contribution is 5.42. The highest BCUT2D eigenvalue weighted by Crippen LogP contribution is 2.29. The Morgan fingerprint density at radius 3 is 2.65 bits per heavy atom. The van der Waals surface area contributed by atoms with Gasteiger partial charge in [-0.25, -0.2) is 0 Å². The summed E-state index contributed by atoms with van der Waals surface area (Å²) in [6, 6.07) is 13.5. The Kier molecular flexibility index (Phi) is 4.64. The van der Waals surface area contributed by atoms with Crippen LogP contribution in [-0.4, -0.2) is 12.2 Å². The Morgan fingerprint density at radius 1 is 1.20 bits per heavy atom. The van der Waals surface area contributed by atoms with E-state index >= 15 is 0 Å². The minimum Gasteiger partial charge on any atom is -0.508 e. The first-order valence-corrected chi connectivity index (χ1v) is 6.88. The summed E-state index contributed by atoms with van der Waals surface area (Å²) in [5.74, 6) is 1.83. The highest BCUT2D eigenvalue weighted by Gasteiger charge is 2.08. The van der Waals surface area contributed by atoms with Crippen LogP contribution < -0.4 is 10.1 Å². The molecule has 3 nitrogen and oxygen atoms in total. The van der Waals surface area contributed by atoms with E-state index in [9.17, 15) is 5.11 Å². The van der Waals surface area contributed by atoms with Gasteiger partial charge in [0.15, 0.2) is 0 Å². The van der Waals surface area contributed by atoms with Crippen molar-refractivity contribution in [3.8, 4) is 17.2 Å². The van der Waals surface area contributed by atoms with E-state index in [2.05, 4.69) is 24.4 Å². The maximum absolute atomic E-state index is 9.42. The fraction of sp³-hybridized carbons (Fsp3) is 0.294. The molecule has 2 aromatic rings. The monoisotopic (exact) mass is 271 g/mol. The minimum absolute atomic E-state index is 0.254. The van der Waals surface area contributed by atoms with E-state index in [4.69, 9.17) is 4.74 Å². The van der Waals surface area contributed by atoms with Gasteiger partial charge in [-0.2, -0.15) is 0 Å². The number of phenolic OH excluding ortho intramolecular Hbond substituents is 1. The maximum Gasteiger partial charge on any atom is 0.130 e. The lowest BCUT2D eigenvalue weighted by Gasteiger charge is -2.16. The normalized spacial score (nSPS) is 12.2. The van der Waals surface area contributed by atoms with Crippen molar-refractivity contribution in [2.24, 2.45) is 0 Å². The van der Waals surface area contributed by atoms with Crippen LogP contribution in [0.5, 0.6) is 17.2 Å². The first-order valence-electron chi connectivity index (χ1n) is 6.88. The van der Waals surface area contributed by atoms with E-state index < -0.39 is 0 Å². The average Bonchev–Trinajstić information content (AvgIpc) is 2.44. The van der Waals surface area contributed by atoms with Crippen molar-refractivity contribution in [2.45, 2.75) is 26.3 Å². The number of aromatic hydroxyl groups is 1. The number of rotatable bonds is 5. The number of aryl methyl sites for hydroxylation is 1. The van der Waals surface area contributed by atoms with Gasteiger partial charge in [-0.15, -0.1) is 0 Å². The molecule has 0 unspecified atom stereocenters. The van der Waals surface area contributed by atoms with E-state index in [-0.39, 0.29) is 5.75 Å². The molecule has 2 aromatic carbocycles. The second kappa shape index (κ2) is 6.44. The zero-order chi connectivity index (χ0) is 14.5.